The minimum Gasteiger partial charge on any atom is -0.493 e. The summed E-state index contributed by atoms with van der Waals surface area (Å²) in [5.74, 6) is 0.709. The van der Waals surface area contributed by atoms with E-state index in [4.69, 9.17) is 14.2 Å². The van der Waals surface area contributed by atoms with Crippen molar-refractivity contribution in [1.82, 2.24) is 0 Å². The van der Waals surface area contributed by atoms with Gasteiger partial charge >= 0.3 is 0 Å². The number of rotatable bonds is 7. The first-order chi connectivity index (χ1) is 12.0. The molecule has 132 valence electrons. The number of nitrogens with zero attached hydrogens (tertiary/aromatic N) is 1. The maximum Gasteiger partial charge on any atom is 0.270 e. The third kappa shape index (κ3) is 4.17. The number of ether oxygens (including phenoxy) is 3. The number of carbonyl (C=O) groups excluding carboxylic acids is 1. The number of benzene rings is 2. The molecular weight excluding hydrogens is 328 g/mol. The predicted molar refractivity (Wildman–Crippen MR) is 91.8 cm³/mol. The standard InChI is InChI=1S/C17H18N2O6/c1-4-25-14-8-6-12(19(21)22)10-13(14)17(20)18-11-5-7-15(23-2)16(9-11)24-3/h5-10H,4H2,1-3H3,(H,18,20). The highest BCUT2D eigenvalue weighted by molar-refractivity contribution is 6.06. The van der Waals surface area contributed by atoms with E-state index in [2.05, 4.69) is 5.32 Å². The maximum absolute atomic E-state index is 12.6. The van der Waals surface area contributed by atoms with E-state index < -0.39 is 10.8 Å². The fourth-order valence-corrected chi connectivity index (χ4v) is 2.20. The zero-order valence-corrected chi connectivity index (χ0v) is 14.1. The van der Waals surface area contributed by atoms with Crippen molar-refractivity contribution in [1.29, 1.82) is 0 Å². The number of nitrogens with one attached hydrogen (secondary N) is 1. The molecule has 8 nitrogen and oxygen atoms in total. The van der Waals surface area contributed by atoms with Crippen LogP contribution in [0.3, 0.4) is 0 Å². The van der Waals surface area contributed by atoms with Gasteiger partial charge in [0.15, 0.2) is 11.5 Å². The van der Waals surface area contributed by atoms with Crippen LogP contribution in [0.1, 0.15) is 17.3 Å². The van der Waals surface area contributed by atoms with Crippen LogP contribution in [0.25, 0.3) is 0 Å². The van der Waals surface area contributed by atoms with E-state index in [0.29, 0.717) is 23.8 Å². The second-order valence-corrected chi connectivity index (χ2v) is 4.89. The van der Waals surface area contributed by atoms with Gasteiger partial charge in [0.25, 0.3) is 11.6 Å². The van der Waals surface area contributed by atoms with E-state index in [1.807, 2.05) is 0 Å². The molecule has 2 aromatic rings. The Bertz CT molecular complexity index is 791. The van der Waals surface area contributed by atoms with Crippen molar-refractivity contribution in [2.24, 2.45) is 0 Å². The SMILES string of the molecule is CCOc1ccc([N+](=O)[O-])cc1C(=O)Nc1ccc(OC)c(OC)c1. The highest BCUT2D eigenvalue weighted by Crippen LogP contribution is 2.31. The van der Waals surface area contributed by atoms with Crippen LogP contribution in [0.4, 0.5) is 11.4 Å². The molecule has 0 bridgehead atoms. The maximum atomic E-state index is 12.6. The lowest BCUT2D eigenvalue weighted by Gasteiger charge is -2.12. The summed E-state index contributed by atoms with van der Waals surface area (Å²) < 4.78 is 15.7. The number of anilines is 1. The lowest BCUT2D eigenvalue weighted by molar-refractivity contribution is -0.384. The van der Waals surface area contributed by atoms with Crippen molar-refractivity contribution in [3.63, 3.8) is 0 Å². The van der Waals surface area contributed by atoms with Crippen molar-refractivity contribution < 1.29 is 23.9 Å². The van der Waals surface area contributed by atoms with Gasteiger partial charge in [-0.25, -0.2) is 0 Å². The monoisotopic (exact) mass is 346 g/mol. The third-order valence-electron chi connectivity index (χ3n) is 3.36. The summed E-state index contributed by atoms with van der Waals surface area (Å²) >= 11 is 0. The van der Waals surface area contributed by atoms with Crippen LogP contribution >= 0.6 is 0 Å². The number of hydrogen-bond acceptors (Lipinski definition) is 6. The molecule has 8 heteroatoms. The van der Waals surface area contributed by atoms with Gasteiger partial charge in [-0.1, -0.05) is 0 Å². The van der Waals surface area contributed by atoms with E-state index in [0.717, 1.165) is 0 Å². The van der Waals surface area contributed by atoms with E-state index in [1.54, 1.807) is 25.1 Å². The van der Waals surface area contributed by atoms with Crippen LogP contribution in [0.2, 0.25) is 0 Å². The molecule has 2 aromatic carbocycles. The summed E-state index contributed by atoms with van der Waals surface area (Å²) in [5, 5.41) is 13.6. The molecule has 0 aliphatic carbocycles. The zero-order valence-electron chi connectivity index (χ0n) is 14.1. The molecule has 0 radical (unpaired) electrons. The van der Waals surface area contributed by atoms with Crippen LogP contribution in [0.15, 0.2) is 36.4 Å². The van der Waals surface area contributed by atoms with Crippen molar-refractivity contribution in [3.05, 3.63) is 52.1 Å². The molecule has 0 aliphatic heterocycles. The number of nitro benzene ring substituents is 1. The first-order valence-electron chi connectivity index (χ1n) is 7.44. The second-order valence-electron chi connectivity index (χ2n) is 4.89. The average Bonchev–Trinajstić information content (AvgIpc) is 2.61. The van der Waals surface area contributed by atoms with Gasteiger partial charge < -0.3 is 19.5 Å². The van der Waals surface area contributed by atoms with Gasteiger partial charge in [-0.05, 0) is 25.1 Å². The number of hydrogen-bond donors (Lipinski definition) is 1. The molecule has 0 atom stereocenters. The van der Waals surface area contributed by atoms with Gasteiger partial charge in [-0.3, -0.25) is 14.9 Å². The van der Waals surface area contributed by atoms with E-state index in [1.165, 1.54) is 32.4 Å². The molecule has 0 spiro atoms. The largest absolute Gasteiger partial charge is 0.493 e. The van der Waals surface area contributed by atoms with Gasteiger partial charge in [0.05, 0.1) is 31.3 Å². The Morgan fingerprint density at radius 3 is 2.36 bits per heavy atom. The van der Waals surface area contributed by atoms with E-state index >= 15 is 0 Å². The normalized spacial score (nSPS) is 10.0. The van der Waals surface area contributed by atoms with Crippen LogP contribution in [0, 0.1) is 10.1 Å². The number of amides is 1. The quantitative estimate of drug-likeness (QED) is 0.610. The Morgan fingerprint density at radius 2 is 1.76 bits per heavy atom. The Morgan fingerprint density at radius 1 is 1.08 bits per heavy atom. The van der Waals surface area contributed by atoms with Crippen molar-refractivity contribution in [2.45, 2.75) is 6.92 Å². The smallest absolute Gasteiger partial charge is 0.270 e. The average molecular weight is 346 g/mol. The summed E-state index contributed by atoms with van der Waals surface area (Å²) in [6.45, 7) is 2.09. The number of nitro groups is 1. The van der Waals surface area contributed by atoms with Gasteiger partial charge in [0.1, 0.15) is 5.75 Å². The Kier molecular flexibility index (Phi) is 5.78. The second kappa shape index (κ2) is 8.00. The summed E-state index contributed by atoms with van der Waals surface area (Å²) in [4.78, 5) is 22.9. The molecule has 1 N–H and O–H groups in total. The van der Waals surface area contributed by atoms with Gasteiger partial charge in [-0.15, -0.1) is 0 Å². The summed E-state index contributed by atoms with van der Waals surface area (Å²) in [6.07, 6.45) is 0. The third-order valence-corrected chi connectivity index (χ3v) is 3.36. The summed E-state index contributed by atoms with van der Waals surface area (Å²) in [7, 11) is 2.99. The minimum absolute atomic E-state index is 0.0748. The van der Waals surface area contributed by atoms with E-state index in [-0.39, 0.29) is 17.0 Å². The molecular formula is C17H18N2O6. The predicted octanol–water partition coefficient (Wildman–Crippen LogP) is 3.26. The van der Waals surface area contributed by atoms with Gasteiger partial charge in [-0.2, -0.15) is 0 Å². The van der Waals surface area contributed by atoms with Gasteiger partial charge in [0, 0.05) is 23.9 Å². The molecule has 0 saturated carbocycles. The van der Waals surface area contributed by atoms with E-state index in [9.17, 15) is 14.9 Å². The Balaban J connectivity index is 2.33. The summed E-state index contributed by atoms with van der Waals surface area (Å²) in [6, 6.07) is 8.75. The van der Waals surface area contributed by atoms with Crippen LogP contribution in [-0.2, 0) is 0 Å². The molecule has 2 rings (SSSR count). The van der Waals surface area contributed by atoms with Crippen molar-refractivity contribution in [3.8, 4) is 17.2 Å². The first-order valence-corrected chi connectivity index (χ1v) is 7.44. The number of carbonyl (C=O) groups is 1. The Hall–Kier alpha value is -3.29. The molecule has 0 aliphatic rings. The van der Waals surface area contributed by atoms with Crippen molar-refractivity contribution in [2.75, 3.05) is 26.1 Å². The van der Waals surface area contributed by atoms with Crippen molar-refractivity contribution >= 4 is 17.3 Å². The molecule has 25 heavy (non-hydrogen) atoms. The van der Waals surface area contributed by atoms with Crippen LogP contribution < -0.4 is 19.5 Å². The fraction of sp³-hybridized carbons (Fsp3) is 0.235. The first kappa shape index (κ1) is 18.1. The highest BCUT2D eigenvalue weighted by Gasteiger charge is 2.18. The minimum atomic E-state index is -0.567. The van der Waals surface area contributed by atoms with Gasteiger partial charge in [0.2, 0.25) is 0 Å². The molecule has 0 aromatic heterocycles. The molecule has 0 saturated heterocycles. The highest BCUT2D eigenvalue weighted by atomic mass is 16.6. The Labute approximate surface area is 144 Å². The number of methoxy groups -OCH3 is 2. The fourth-order valence-electron chi connectivity index (χ4n) is 2.20. The number of non-ortho nitro benzene ring substituents is 1. The molecule has 0 heterocycles. The topological polar surface area (TPSA) is 99.9 Å². The molecule has 0 fully saturated rings. The van der Waals surface area contributed by atoms with Crippen LogP contribution in [-0.4, -0.2) is 31.7 Å². The molecule has 1 amide bonds. The lowest BCUT2D eigenvalue weighted by Crippen LogP contribution is -2.14. The molecule has 0 unspecified atom stereocenters. The summed E-state index contributed by atoms with van der Waals surface area (Å²) in [5.41, 5.74) is 0.336. The van der Waals surface area contributed by atoms with Crippen LogP contribution in [0.5, 0.6) is 17.2 Å². The zero-order chi connectivity index (χ0) is 18.4. The lowest BCUT2D eigenvalue weighted by atomic mass is 10.1.